The number of hydrogen-bond acceptors (Lipinski definition) is 4. The minimum atomic E-state index is -2.38. The first kappa shape index (κ1) is 11.0. The van der Waals surface area contributed by atoms with Gasteiger partial charge in [-0.05, 0) is 31.5 Å². The Morgan fingerprint density at radius 2 is 2.12 bits per heavy atom. The number of oxazole rings is 1. The van der Waals surface area contributed by atoms with Gasteiger partial charge in [0.25, 0.3) is 0 Å². The Bertz CT molecular complexity index is 543. The average molecular weight is 236 g/mol. The molecule has 2 N–H and O–H groups in total. The Hall–Kier alpha value is -1.54. The van der Waals surface area contributed by atoms with Crippen LogP contribution in [-0.2, 0) is 4.57 Å². The Morgan fingerprint density at radius 1 is 1.38 bits per heavy atom. The van der Waals surface area contributed by atoms with Crippen molar-refractivity contribution in [3.8, 4) is 11.5 Å². The smallest absolute Gasteiger partial charge is 0.225 e. The van der Waals surface area contributed by atoms with Gasteiger partial charge >= 0.3 is 0 Å². The summed E-state index contributed by atoms with van der Waals surface area (Å²) in [6.07, 6.45) is 3.08. The molecule has 0 aliphatic rings. The minimum Gasteiger partial charge on any atom is -0.445 e. The van der Waals surface area contributed by atoms with Gasteiger partial charge in [0, 0.05) is 16.6 Å². The lowest BCUT2D eigenvalue weighted by Crippen LogP contribution is -2.09. The van der Waals surface area contributed by atoms with Crippen LogP contribution in [-0.4, -0.2) is 18.3 Å². The molecule has 0 unspecified atom stereocenters. The van der Waals surface area contributed by atoms with E-state index in [1.807, 2.05) is 0 Å². The first-order valence-electron chi connectivity index (χ1n) is 4.83. The molecule has 16 heavy (non-hydrogen) atoms. The summed E-state index contributed by atoms with van der Waals surface area (Å²) >= 11 is 0. The van der Waals surface area contributed by atoms with Gasteiger partial charge in [-0.3, -0.25) is 0 Å². The molecule has 4 nitrogen and oxygen atoms in total. The molecule has 0 saturated carbocycles. The zero-order chi connectivity index (χ0) is 11.8. The largest absolute Gasteiger partial charge is 0.445 e. The van der Waals surface area contributed by atoms with E-state index in [4.69, 9.17) is 10.2 Å². The number of anilines is 1. The van der Waals surface area contributed by atoms with Gasteiger partial charge in [-0.2, -0.15) is 0 Å². The molecule has 0 aliphatic carbocycles. The highest BCUT2D eigenvalue weighted by atomic mass is 31.2. The maximum absolute atomic E-state index is 12.0. The molecule has 2 aromatic rings. The summed E-state index contributed by atoms with van der Waals surface area (Å²) in [5, 5.41) is 0.670. The maximum Gasteiger partial charge on any atom is 0.225 e. The predicted octanol–water partition coefficient (Wildman–Crippen LogP) is 2.17. The SMILES string of the molecule is CP(C)(=O)c1cc(-c2ncco2)ccc1N. The summed E-state index contributed by atoms with van der Waals surface area (Å²) in [5.41, 5.74) is 7.14. The van der Waals surface area contributed by atoms with Crippen LogP contribution in [0.5, 0.6) is 0 Å². The van der Waals surface area contributed by atoms with E-state index in [2.05, 4.69) is 4.98 Å². The second-order valence-electron chi connectivity index (χ2n) is 3.96. The highest BCUT2D eigenvalue weighted by molar-refractivity contribution is 7.70. The van der Waals surface area contributed by atoms with Crippen molar-refractivity contribution >= 4 is 18.1 Å². The lowest BCUT2D eigenvalue weighted by molar-refractivity contribution is 0.574. The van der Waals surface area contributed by atoms with Crippen molar-refractivity contribution in [2.24, 2.45) is 0 Å². The van der Waals surface area contributed by atoms with Crippen molar-refractivity contribution in [1.29, 1.82) is 0 Å². The van der Waals surface area contributed by atoms with Gasteiger partial charge in [0.15, 0.2) is 0 Å². The number of hydrogen-bond donors (Lipinski definition) is 1. The van der Waals surface area contributed by atoms with E-state index in [0.717, 1.165) is 5.56 Å². The summed E-state index contributed by atoms with van der Waals surface area (Å²) < 4.78 is 17.2. The van der Waals surface area contributed by atoms with Gasteiger partial charge in [0.2, 0.25) is 5.89 Å². The second kappa shape index (κ2) is 3.80. The number of nitrogens with zero attached hydrogens (tertiary/aromatic N) is 1. The fourth-order valence-electron chi connectivity index (χ4n) is 1.51. The second-order valence-corrected chi connectivity index (χ2v) is 7.15. The van der Waals surface area contributed by atoms with E-state index < -0.39 is 7.14 Å². The number of aromatic nitrogens is 1. The van der Waals surface area contributed by atoms with E-state index in [-0.39, 0.29) is 0 Å². The van der Waals surface area contributed by atoms with E-state index in [1.54, 1.807) is 37.7 Å². The molecular weight excluding hydrogens is 223 g/mol. The van der Waals surface area contributed by atoms with Crippen molar-refractivity contribution in [1.82, 2.24) is 4.98 Å². The molecule has 84 valence electrons. The Morgan fingerprint density at radius 3 is 2.69 bits per heavy atom. The van der Waals surface area contributed by atoms with Crippen molar-refractivity contribution in [2.45, 2.75) is 0 Å². The molecule has 0 fully saturated rings. The third-order valence-electron chi connectivity index (χ3n) is 2.29. The summed E-state index contributed by atoms with van der Waals surface area (Å²) in [6.45, 7) is 3.38. The molecule has 1 aromatic carbocycles. The standard InChI is InChI=1S/C11H13N2O2P/c1-16(2,14)10-7-8(3-4-9(10)12)11-13-5-6-15-11/h3-7H,12H2,1-2H3. The molecule has 0 bridgehead atoms. The highest BCUT2D eigenvalue weighted by Gasteiger charge is 2.16. The van der Waals surface area contributed by atoms with Gasteiger partial charge in [-0.15, -0.1) is 0 Å². The zero-order valence-corrected chi connectivity index (χ0v) is 10.1. The Balaban J connectivity index is 2.57. The zero-order valence-electron chi connectivity index (χ0n) is 9.18. The first-order valence-corrected chi connectivity index (χ1v) is 7.43. The molecule has 0 radical (unpaired) electrons. The molecule has 0 amide bonds. The molecule has 1 heterocycles. The fourth-order valence-corrected chi connectivity index (χ4v) is 2.66. The van der Waals surface area contributed by atoms with E-state index >= 15 is 0 Å². The molecule has 5 heteroatoms. The predicted molar refractivity (Wildman–Crippen MR) is 65.4 cm³/mol. The maximum atomic E-state index is 12.0. The van der Waals surface area contributed by atoms with Crippen molar-refractivity contribution in [3.63, 3.8) is 0 Å². The quantitative estimate of drug-likeness (QED) is 0.640. The minimum absolute atomic E-state index is 0.509. The fraction of sp³-hybridized carbons (Fsp3) is 0.182. The summed E-state index contributed by atoms with van der Waals surface area (Å²) in [4.78, 5) is 4.04. The monoisotopic (exact) mass is 236 g/mol. The number of nitrogen functional groups attached to an aromatic ring is 1. The highest BCUT2D eigenvalue weighted by Crippen LogP contribution is 2.38. The van der Waals surface area contributed by atoms with Crippen LogP contribution >= 0.6 is 7.14 Å². The van der Waals surface area contributed by atoms with Crippen LogP contribution in [0.2, 0.25) is 0 Å². The van der Waals surface area contributed by atoms with Crippen LogP contribution in [0.15, 0.2) is 35.1 Å². The Labute approximate surface area is 93.9 Å². The number of rotatable bonds is 2. The third-order valence-corrected chi connectivity index (χ3v) is 3.84. The summed E-state index contributed by atoms with van der Waals surface area (Å²) in [5.74, 6) is 0.509. The molecule has 1 aromatic heterocycles. The topological polar surface area (TPSA) is 69.1 Å². The van der Waals surface area contributed by atoms with Crippen LogP contribution in [0.3, 0.4) is 0 Å². The van der Waals surface area contributed by atoms with Crippen LogP contribution in [0.4, 0.5) is 5.69 Å². The Kier molecular flexibility index (Phi) is 2.60. The van der Waals surface area contributed by atoms with E-state index in [1.165, 1.54) is 6.26 Å². The first-order chi connectivity index (χ1) is 7.48. The van der Waals surface area contributed by atoms with Gasteiger partial charge < -0.3 is 14.7 Å². The van der Waals surface area contributed by atoms with E-state index in [9.17, 15) is 4.57 Å². The van der Waals surface area contributed by atoms with Crippen LogP contribution < -0.4 is 11.0 Å². The summed E-state index contributed by atoms with van der Waals surface area (Å²) in [7, 11) is -2.38. The van der Waals surface area contributed by atoms with Crippen molar-refractivity contribution < 1.29 is 8.98 Å². The van der Waals surface area contributed by atoms with Gasteiger partial charge in [-0.25, -0.2) is 4.98 Å². The lowest BCUT2D eigenvalue weighted by atomic mass is 10.2. The van der Waals surface area contributed by atoms with Crippen LogP contribution in [0, 0.1) is 0 Å². The third kappa shape index (κ3) is 2.02. The van der Waals surface area contributed by atoms with Gasteiger partial charge in [0.1, 0.15) is 13.4 Å². The van der Waals surface area contributed by atoms with Crippen LogP contribution in [0.1, 0.15) is 0 Å². The normalized spacial score (nSPS) is 11.6. The molecule has 0 atom stereocenters. The van der Waals surface area contributed by atoms with Crippen molar-refractivity contribution in [3.05, 3.63) is 30.7 Å². The number of benzene rings is 1. The average Bonchev–Trinajstić information content (AvgIpc) is 2.69. The molecular formula is C11H13N2O2P. The molecule has 0 aliphatic heterocycles. The van der Waals surface area contributed by atoms with E-state index in [0.29, 0.717) is 16.9 Å². The van der Waals surface area contributed by atoms with Gasteiger partial charge in [-0.1, -0.05) is 0 Å². The molecule has 2 rings (SSSR count). The number of nitrogens with two attached hydrogens (primary N) is 1. The summed E-state index contributed by atoms with van der Waals surface area (Å²) in [6, 6.07) is 5.32. The lowest BCUT2D eigenvalue weighted by Gasteiger charge is -2.11. The van der Waals surface area contributed by atoms with Crippen molar-refractivity contribution in [2.75, 3.05) is 19.1 Å². The van der Waals surface area contributed by atoms with Gasteiger partial charge in [0.05, 0.1) is 6.20 Å². The molecule has 0 spiro atoms. The van der Waals surface area contributed by atoms with Crippen LogP contribution in [0.25, 0.3) is 11.5 Å². The molecule has 0 saturated heterocycles.